The van der Waals surface area contributed by atoms with Crippen LogP contribution in [-0.2, 0) is 9.59 Å². The molecule has 2 aromatic carbocycles. The maximum Gasteiger partial charge on any atom is 0.225 e. The average Bonchev–Trinajstić information content (AvgIpc) is 2.61. The number of hydrogen-bond acceptors (Lipinski definition) is 2. The molecule has 1 aliphatic carbocycles. The van der Waals surface area contributed by atoms with Gasteiger partial charge in [0, 0.05) is 40.1 Å². The Morgan fingerprint density at radius 3 is 2.08 bits per heavy atom. The summed E-state index contributed by atoms with van der Waals surface area (Å²) in [6.07, 6.45) is 1.22. The molecule has 1 heterocycles. The molecule has 0 radical (unpaired) electrons. The molecule has 0 saturated carbocycles. The van der Waals surface area contributed by atoms with E-state index in [2.05, 4.69) is 5.32 Å². The van der Waals surface area contributed by atoms with Gasteiger partial charge in [0.2, 0.25) is 5.91 Å². The van der Waals surface area contributed by atoms with Crippen molar-refractivity contribution in [2.24, 2.45) is 0 Å². The predicted molar refractivity (Wildman–Crippen MR) is 102 cm³/mol. The van der Waals surface area contributed by atoms with Crippen LogP contribution in [0, 0.1) is 0 Å². The third-order valence-electron chi connectivity index (χ3n) is 5.16. The van der Waals surface area contributed by atoms with E-state index in [0.717, 1.165) is 11.1 Å². The van der Waals surface area contributed by atoms with E-state index in [0.29, 0.717) is 34.2 Å². The van der Waals surface area contributed by atoms with Crippen molar-refractivity contribution in [3.63, 3.8) is 0 Å². The minimum Gasteiger partial charge on any atom is -0.329 e. The van der Waals surface area contributed by atoms with Crippen LogP contribution in [0.2, 0.25) is 10.0 Å². The number of rotatable bonds is 2. The predicted octanol–water partition coefficient (Wildman–Crippen LogP) is 5.00. The van der Waals surface area contributed by atoms with Gasteiger partial charge >= 0.3 is 0 Å². The Bertz CT molecular complexity index is 935. The summed E-state index contributed by atoms with van der Waals surface area (Å²) in [5.74, 6) is -0.338. The molecule has 1 amide bonds. The van der Waals surface area contributed by atoms with Gasteiger partial charge in [-0.15, -0.1) is 0 Å². The molecule has 2 aliphatic rings. The maximum absolute atomic E-state index is 13.0. The van der Waals surface area contributed by atoms with Gasteiger partial charge in [0.15, 0.2) is 5.78 Å². The largest absolute Gasteiger partial charge is 0.329 e. The summed E-state index contributed by atoms with van der Waals surface area (Å²) in [6.45, 7) is 0. The number of carbonyl (C=O) groups is 2. The highest BCUT2D eigenvalue weighted by Gasteiger charge is 2.39. The Balaban J connectivity index is 1.76. The molecule has 0 aromatic heterocycles. The highest BCUT2D eigenvalue weighted by atomic mass is 35.5. The number of benzene rings is 2. The average molecular weight is 386 g/mol. The van der Waals surface area contributed by atoms with Gasteiger partial charge in [-0.05, 0) is 35.6 Å². The van der Waals surface area contributed by atoms with Gasteiger partial charge in [-0.1, -0.05) is 59.6 Å². The SMILES string of the molecule is O=C1C[C@H](c2ccccc2Cl)C2=C(C[C@H](c3ccccc3Cl)CC2=O)N1. The van der Waals surface area contributed by atoms with Crippen LogP contribution in [0.4, 0.5) is 0 Å². The van der Waals surface area contributed by atoms with E-state index < -0.39 is 0 Å². The summed E-state index contributed by atoms with van der Waals surface area (Å²) in [5.41, 5.74) is 3.19. The highest BCUT2D eigenvalue weighted by Crippen LogP contribution is 2.44. The van der Waals surface area contributed by atoms with Crippen molar-refractivity contribution in [2.75, 3.05) is 0 Å². The lowest BCUT2D eigenvalue weighted by atomic mass is 9.73. The van der Waals surface area contributed by atoms with Gasteiger partial charge in [0.25, 0.3) is 0 Å². The third kappa shape index (κ3) is 3.06. The second kappa shape index (κ2) is 6.90. The molecule has 0 spiro atoms. The number of hydrogen-bond donors (Lipinski definition) is 1. The summed E-state index contributed by atoms with van der Waals surface area (Å²) in [7, 11) is 0. The van der Waals surface area contributed by atoms with Crippen LogP contribution in [0.15, 0.2) is 59.8 Å². The van der Waals surface area contributed by atoms with Gasteiger partial charge in [0.1, 0.15) is 0 Å². The molecule has 2 aromatic rings. The first kappa shape index (κ1) is 17.3. The quantitative estimate of drug-likeness (QED) is 0.790. The number of halogens is 2. The first-order valence-corrected chi connectivity index (χ1v) is 9.35. The van der Waals surface area contributed by atoms with Crippen LogP contribution in [0.1, 0.15) is 42.2 Å². The van der Waals surface area contributed by atoms with E-state index in [1.165, 1.54) is 0 Å². The lowest BCUT2D eigenvalue weighted by molar-refractivity contribution is -0.122. The molecule has 5 heteroatoms. The molecule has 2 atom stereocenters. The van der Waals surface area contributed by atoms with E-state index in [9.17, 15) is 9.59 Å². The Morgan fingerprint density at radius 2 is 1.42 bits per heavy atom. The number of Topliss-reactive ketones (excluding diaryl/α,β-unsaturated/α-hetero) is 1. The zero-order valence-corrected chi connectivity index (χ0v) is 15.5. The molecule has 3 nitrogen and oxygen atoms in total. The van der Waals surface area contributed by atoms with Crippen molar-refractivity contribution in [3.05, 3.63) is 81.0 Å². The molecule has 0 saturated heterocycles. The summed E-state index contributed by atoms with van der Waals surface area (Å²) in [4.78, 5) is 25.3. The molecule has 1 N–H and O–H groups in total. The molecule has 0 fully saturated rings. The van der Waals surface area contributed by atoms with E-state index in [-0.39, 0.29) is 29.9 Å². The molecule has 4 rings (SSSR count). The highest BCUT2D eigenvalue weighted by molar-refractivity contribution is 6.32. The fourth-order valence-corrected chi connectivity index (χ4v) is 4.57. The van der Waals surface area contributed by atoms with Gasteiger partial charge in [-0.3, -0.25) is 9.59 Å². The van der Waals surface area contributed by atoms with Crippen molar-refractivity contribution in [1.82, 2.24) is 5.32 Å². The summed E-state index contributed by atoms with van der Waals surface area (Å²) in [5, 5.41) is 4.16. The van der Waals surface area contributed by atoms with Crippen molar-refractivity contribution in [2.45, 2.75) is 31.1 Å². The fourth-order valence-electron chi connectivity index (χ4n) is 4.01. The van der Waals surface area contributed by atoms with Gasteiger partial charge in [-0.25, -0.2) is 0 Å². The first-order valence-electron chi connectivity index (χ1n) is 8.59. The van der Waals surface area contributed by atoms with Gasteiger partial charge in [-0.2, -0.15) is 0 Å². The van der Waals surface area contributed by atoms with Crippen LogP contribution in [0.25, 0.3) is 0 Å². The molecule has 1 aliphatic heterocycles. The number of carbonyl (C=O) groups excluding carboxylic acids is 2. The molecule has 0 unspecified atom stereocenters. The topological polar surface area (TPSA) is 46.2 Å². The summed E-state index contributed by atoms with van der Waals surface area (Å²) >= 11 is 12.7. The number of nitrogens with one attached hydrogen (secondary N) is 1. The van der Waals surface area contributed by atoms with Crippen LogP contribution in [0.3, 0.4) is 0 Å². The van der Waals surface area contributed by atoms with Gasteiger partial charge in [0.05, 0.1) is 0 Å². The lowest BCUT2D eigenvalue weighted by Crippen LogP contribution is -2.38. The normalized spacial score (nSPS) is 22.8. The zero-order chi connectivity index (χ0) is 18.3. The Morgan fingerprint density at radius 1 is 0.808 bits per heavy atom. The number of allylic oxidation sites excluding steroid dienone is 2. The van der Waals surface area contributed by atoms with Crippen LogP contribution >= 0.6 is 23.2 Å². The Hall–Kier alpha value is -2.10. The first-order chi connectivity index (χ1) is 12.5. The Kier molecular flexibility index (Phi) is 4.60. The number of amides is 1. The third-order valence-corrected chi connectivity index (χ3v) is 5.85. The van der Waals surface area contributed by atoms with Crippen molar-refractivity contribution >= 4 is 34.9 Å². The van der Waals surface area contributed by atoms with E-state index in [4.69, 9.17) is 23.2 Å². The van der Waals surface area contributed by atoms with E-state index >= 15 is 0 Å². The minimum absolute atomic E-state index is 0.0276. The van der Waals surface area contributed by atoms with E-state index in [1.54, 1.807) is 6.07 Å². The molecular weight excluding hydrogens is 369 g/mol. The van der Waals surface area contributed by atoms with Gasteiger partial charge < -0.3 is 5.32 Å². The van der Waals surface area contributed by atoms with Crippen LogP contribution in [-0.4, -0.2) is 11.7 Å². The summed E-state index contributed by atoms with van der Waals surface area (Å²) in [6, 6.07) is 15.0. The fraction of sp³-hybridized carbons (Fsp3) is 0.238. The van der Waals surface area contributed by atoms with Crippen LogP contribution < -0.4 is 5.32 Å². The molecule has 0 bridgehead atoms. The van der Waals surface area contributed by atoms with Crippen molar-refractivity contribution in [3.8, 4) is 0 Å². The molecule has 132 valence electrons. The standard InChI is InChI=1S/C21H17Cl2NO2/c22-16-7-3-1-5-13(16)12-9-18-21(19(25)10-12)15(11-20(26)24-18)14-6-2-4-8-17(14)23/h1-8,12,15H,9-11H2,(H,24,26)/t12-,15+/m0/s1. The second-order valence-electron chi connectivity index (χ2n) is 6.77. The summed E-state index contributed by atoms with van der Waals surface area (Å²) < 4.78 is 0. The minimum atomic E-state index is -0.285. The number of ketones is 1. The second-order valence-corrected chi connectivity index (χ2v) is 7.58. The van der Waals surface area contributed by atoms with Crippen molar-refractivity contribution in [1.29, 1.82) is 0 Å². The zero-order valence-electron chi connectivity index (χ0n) is 14.0. The molecule has 26 heavy (non-hydrogen) atoms. The van der Waals surface area contributed by atoms with Crippen LogP contribution in [0.5, 0.6) is 0 Å². The maximum atomic E-state index is 13.0. The monoisotopic (exact) mass is 385 g/mol. The van der Waals surface area contributed by atoms with Crippen molar-refractivity contribution < 1.29 is 9.59 Å². The molecular formula is C21H17Cl2NO2. The lowest BCUT2D eigenvalue weighted by Gasteiger charge is -2.35. The van der Waals surface area contributed by atoms with E-state index in [1.807, 2.05) is 42.5 Å². The smallest absolute Gasteiger partial charge is 0.225 e. The Labute approximate surface area is 162 Å².